The summed E-state index contributed by atoms with van der Waals surface area (Å²) in [7, 11) is 0. The standard InChI is InChI=1S/C20H18FN3O/c1-13-7-10-15(21)11-17(13)22-20(25)19-12-18(14-8-9-14)23-24(19)16-5-3-2-4-6-16/h2-7,10-12,14H,8-9H2,1H3,(H,22,25). The van der Waals surface area contributed by atoms with E-state index in [1.165, 1.54) is 12.1 Å². The van der Waals surface area contributed by atoms with Gasteiger partial charge in [-0.3, -0.25) is 4.79 Å². The second-order valence-electron chi connectivity index (χ2n) is 6.39. The Morgan fingerprint density at radius 3 is 2.64 bits per heavy atom. The number of hydrogen-bond donors (Lipinski definition) is 1. The quantitative estimate of drug-likeness (QED) is 0.766. The lowest BCUT2D eigenvalue weighted by atomic mass is 10.2. The molecule has 1 aliphatic carbocycles. The molecular formula is C20H18FN3O. The van der Waals surface area contributed by atoms with Crippen LogP contribution in [-0.4, -0.2) is 15.7 Å². The number of aryl methyl sites for hydroxylation is 1. The molecule has 3 aromatic rings. The predicted molar refractivity (Wildman–Crippen MR) is 94.6 cm³/mol. The molecule has 0 aliphatic heterocycles. The lowest BCUT2D eigenvalue weighted by Crippen LogP contribution is -2.17. The lowest BCUT2D eigenvalue weighted by Gasteiger charge is -2.10. The lowest BCUT2D eigenvalue weighted by molar-refractivity contribution is 0.101. The van der Waals surface area contributed by atoms with E-state index in [2.05, 4.69) is 10.4 Å². The number of nitrogens with one attached hydrogen (secondary N) is 1. The third-order valence-electron chi connectivity index (χ3n) is 4.41. The highest BCUT2D eigenvalue weighted by molar-refractivity contribution is 6.04. The van der Waals surface area contributed by atoms with E-state index in [1.807, 2.05) is 43.3 Å². The molecule has 1 heterocycles. The van der Waals surface area contributed by atoms with Gasteiger partial charge in [0.05, 0.1) is 11.4 Å². The Kier molecular flexibility index (Phi) is 3.84. The van der Waals surface area contributed by atoms with E-state index in [0.29, 0.717) is 17.3 Å². The minimum Gasteiger partial charge on any atom is -0.320 e. The van der Waals surface area contributed by atoms with Crippen LogP contribution in [0.4, 0.5) is 10.1 Å². The fourth-order valence-electron chi connectivity index (χ4n) is 2.82. The van der Waals surface area contributed by atoms with Crippen molar-refractivity contribution in [3.8, 4) is 5.69 Å². The van der Waals surface area contributed by atoms with Crippen molar-refractivity contribution >= 4 is 11.6 Å². The van der Waals surface area contributed by atoms with Crippen LogP contribution in [0.1, 0.15) is 40.5 Å². The first-order chi connectivity index (χ1) is 12.1. The van der Waals surface area contributed by atoms with Crippen molar-refractivity contribution in [2.75, 3.05) is 5.32 Å². The van der Waals surface area contributed by atoms with Gasteiger partial charge in [-0.25, -0.2) is 9.07 Å². The number of nitrogens with zero attached hydrogens (tertiary/aromatic N) is 2. The highest BCUT2D eigenvalue weighted by atomic mass is 19.1. The normalized spacial score (nSPS) is 13.7. The average molecular weight is 335 g/mol. The Morgan fingerprint density at radius 2 is 1.92 bits per heavy atom. The van der Waals surface area contributed by atoms with E-state index in [4.69, 9.17) is 0 Å². The van der Waals surface area contributed by atoms with Gasteiger partial charge in [0.1, 0.15) is 11.5 Å². The number of anilines is 1. The third-order valence-corrected chi connectivity index (χ3v) is 4.41. The smallest absolute Gasteiger partial charge is 0.274 e. The Hall–Kier alpha value is -2.95. The van der Waals surface area contributed by atoms with Crippen LogP contribution in [0.15, 0.2) is 54.6 Å². The fraction of sp³-hybridized carbons (Fsp3) is 0.200. The number of halogens is 1. The molecule has 4 nitrogen and oxygen atoms in total. The van der Waals surface area contributed by atoms with Gasteiger partial charge in [-0.05, 0) is 55.7 Å². The molecule has 0 bridgehead atoms. The van der Waals surface area contributed by atoms with Gasteiger partial charge in [0.2, 0.25) is 0 Å². The van der Waals surface area contributed by atoms with E-state index < -0.39 is 0 Å². The van der Waals surface area contributed by atoms with Gasteiger partial charge in [0.25, 0.3) is 5.91 Å². The van der Waals surface area contributed by atoms with Crippen molar-refractivity contribution in [2.24, 2.45) is 0 Å². The van der Waals surface area contributed by atoms with Crippen LogP contribution in [0.5, 0.6) is 0 Å². The van der Waals surface area contributed by atoms with Crippen molar-refractivity contribution in [3.63, 3.8) is 0 Å². The molecule has 1 aliphatic rings. The van der Waals surface area contributed by atoms with Crippen molar-refractivity contribution in [1.29, 1.82) is 0 Å². The molecule has 1 N–H and O–H groups in total. The third kappa shape index (κ3) is 3.18. The zero-order valence-corrected chi connectivity index (χ0v) is 13.9. The van der Waals surface area contributed by atoms with E-state index in [0.717, 1.165) is 29.8 Å². The number of hydrogen-bond acceptors (Lipinski definition) is 2. The molecule has 2 aromatic carbocycles. The summed E-state index contributed by atoms with van der Waals surface area (Å²) >= 11 is 0. The summed E-state index contributed by atoms with van der Waals surface area (Å²) in [6, 6.07) is 15.8. The molecule has 0 atom stereocenters. The summed E-state index contributed by atoms with van der Waals surface area (Å²) in [4.78, 5) is 12.8. The molecule has 1 amide bonds. The topological polar surface area (TPSA) is 46.9 Å². The van der Waals surface area contributed by atoms with Gasteiger partial charge >= 0.3 is 0 Å². The summed E-state index contributed by atoms with van der Waals surface area (Å²) in [5, 5.41) is 7.44. The van der Waals surface area contributed by atoms with Crippen LogP contribution in [0.2, 0.25) is 0 Å². The molecule has 5 heteroatoms. The monoisotopic (exact) mass is 335 g/mol. The summed E-state index contributed by atoms with van der Waals surface area (Å²) < 4.78 is 15.2. The number of benzene rings is 2. The molecule has 1 fully saturated rings. The average Bonchev–Trinajstić information content (AvgIpc) is 3.37. The minimum absolute atomic E-state index is 0.294. The maximum atomic E-state index is 13.5. The number of amides is 1. The first-order valence-electron chi connectivity index (χ1n) is 8.35. The minimum atomic E-state index is -0.379. The molecule has 126 valence electrons. The summed E-state index contributed by atoms with van der Waals surface area (Å²) in [6.45, 7) is 1.83. The van der Waals surface area contributed by atoms with Gasteiger partial charge in [-0.2, -0.15) is 5.10 Å². The fourth-order valence-corrected chi connectivity index (χ4v) is 2.82. The zero-order chi connectivity index (χ0) is 17.4. The van der Waals surface area contributed by atoms with E-state index in [1.54, 1.807) is 10.7 Å². The summed E-state index contributed by atoms with van der Waals surface area (Å²) in [6.07, 6.45) is 2.21. The Morgan fingerprint density at radius 1 is 1.16 bits per heavy atom. The van der Waals surface area contributed by atoms with E-state index in [-0.39, 0.29) is 11.7 Å². The number of carbonyl (C=O) groups is 1. The van der Waals surface area contributed by atoms with Crippen LogP contribution >= 0.6 is 0 Å². The van der Waals surface area contributed by atoms with Crippen LogP contribution < -0.4 is 5.32 Å². The van der Waals surface area contributed by atoms with E-state index in [9.17, 15) is 9.18 Å². The number of carbonyl (C=O) groups excluding carboxylic acids is 1. The Balaban J connectivity index is 1.71. The van der Waals surface area contributed by atoms with Gasteiger partial charge in [-0.15, -0.1) is 0 Å². The summed E-state index contributed by atoms with van der Waals surface area (Å²) in [5.74, 6) is -0.236. The summed E-state index contributed by atoms with van der Waals surface area (Å²) in [5.41, 5.74) is 3.50. The zero-order valence-electron chi connectivity index (χ0n) is 13.9. The van der Waals surface area contributed by atoms with Crippen LogP contribution in [0, 0.1) is 12.7 Å². The SMILES string of the molecule is Cc1ccc(F)cc1NC(=O)c1cc(C2CC2)nn1-c1ccccc1. The molecule has 0 saturated heterocycles. The molecule has 25 heavy (non-hydrogen) atoms. The van der Waals surface area contributed by atoms with Gasteiger partial charge in [-0.1, -0.05) is 24.3 Å². The largest absolute Gasteiger partial charge is 0.320 e. The van der Waals surface area contributed by atoms with Crippen LogP contribution in [-0.2, 0) is 0 Å². The number of aromatic nitrogens is 2. The van der Waals surface area contributed by atoms with Crippen molar-refractivity contribution in [3.05, 3.63) is 77.4 Å². The number of rotatable bonds is 4. The molecule has 4 rings (SSSR count). The molecule has 1 saturated carbocycles. The highest BCUT2D eigenvalue weighted by Crippen LogP contribution is 2.39. The molecule has 1 aromatic heterocycles. The van der Waals surface area contributed by atoms with Gasteiger partial charge in [0.15, 0.2) is 0 Å². The van der Waals surface area contributed by atoms with Crippen LogP contribution in [0.25, 0.3) is 5.69 Å². The van der Waals surface area contributed by atoms with Crippen molar-refractivity contribution in [2.45, 2.75) is 25.7 Å². The Labute approximate surface area is 145 Å². The van der Waals surface area contributed by atoms with Gasteiger partial charge in [0, 0.05) is 11.6 Å². The maximum absolute atomic E-state index is 13.5. The second-order valence-corrected chi connectivity index (χ2v) is 6.39. The molecular weight excluding hydrogens is 317 g/mol. The first kappa shape index (κ1) is 15.6. The second kappa shape index (κ2) is 6.16. The Bertz CT molecular complexity index is 929. The van der Waals surface area contributed by atoms with Gasteiger partial charge < -0.3 is 5.32 Å². The first-order valence-corrected chi connectivity index (χ1v) is 8.35. The molecule has 0 radical (unpaired) electrons. The van der Waals surface area contributed by atoms with Crippen LogP contribution in [0.3, 0.4) is 0 Å². The highest BCUT2D eigenvalue weighted by Gasteiger charge is 2.29. The maximum Gasteiger partial charge on any atom is 0.274 e. The van der Waals surface area contributed by atoms with Crippen molar-refractivity contribution in [1.82, 2.24) is 9.78 Å². The number of para-hydroxylation sites is 1. The molecule has 0 spiro atoms. The molecule has 0 unspecified atom stereocenters. The van der Waals surface area contributed by atoms with E-state index >= 15 is 0 Å². The predicted octanol–water partition coefficient (Wildman–Crippen LogP) is 4.45. The van der Waals surface area contributed by atoms with Crippen molar-refractivity contribution < 1.29 is 9.18 Å².